The summed E-state index contributed by atoms with van der Waals surface area (Å²) in [5.41, 5.74) is -0.473. The quantitative estimate of drug-likeness (QED) is 0.503. The average Bonchev–Trinajstić information content (AvgIpc) is 2.28. The Morgan fingerprint density at radius 1 is 1.41 bits per heavy atom. The van der Waals surface area contributed by atoms with Crippen molar-refractivity contribution in [2.45, 2.75) is 43.6 Å². The first-order valence-corrected chi connectivity index (χ1v) is 6.57. The van der Waals surface area contributed by atoms with Crippen LogP contribution < -0.4 is 5.32 Å². The van der Waals surface area contributed by atoms with E-state index in [1.165, 1.54) is 18.7 Å². The summed E-state index contributed by atoms with van der Waals surface area (Å²) in [5.74, 6) is 0.441. The molecule has 0 unspecified atom stereocenters. The van der Waals surface area contributed by atoms with Crippen LogP contribution in [0.25, 0.3) is 0 Å². The lowest BCUT2D eigenvalue weighted by atomic mass is 9.98. The summed E-state index contributed by atoms with van der Waals surface area (Å²) >= 11 is 1.41. The van der Waals surface area contributed by atoms with Gasteiger partial charge in [0, 0.05) is 6.92 Å². The van der Waals surface area contributed by atoms with Crippen LogP contribution in [0.2, 0.25) is 0 Å². The molecule has 0 bridgehead atoms. The predicted octanol–water partition coefficient (Wildman–Crippen LogP) is -1.32. The zero-order valence-electron chi connectivity index (χ0n) is 9.87. The molecule has 6 nitrogen and oxygen atoms in total. The Bertz CT molecular complexity index is 265. The molecule has 0 aromatic rings. The number of thioether (sulfide) groups is 1. The molecule has 0 aromatic carbocycles. The van der Waals surface area contributed by atoms with Crippen molar-refractivity contribution in [2.75, 3.05) is 12.4 Å². The lowest BCUT2D eigenvalue weighted by molar-refractivity contribution is -0.173. The number of hydrogen-bond donors (Lipinski definition) is 4. The van der Waals surface area contributed by atoms with Gasteiger partial charge in [-0.25, -0.2) is 0 Å². The van der Waals surface area contributed by atoms with Crippen LogP contribution in [-0.4, -0.2) is 63.4 Å². The molecule has 0 aromatic heterocycles. The highest BCUT2D eigenvalue weighted by Gasteiger charge is 2.44. The number of aliphatic hydroxyl groups excluding tert-OH is 3. The van der Waals surface area contributed by atoms with Gasteiger partial charge in [-0.15, -0.1) is 11.8 Å². The van der Waals surface area contributed by atoms with E-state index < -0.39 is 29.8 Å². The molecular formula is C10H19NO5S. The van der Waals surface area contributed by atoms with E-state index >= 15 is 0 Å². The zero-order chi connectivity index (χ0) is 13.0. The van der Waals surface area contributed by atoms with Crippen LogP contribution in [0.5, 0.6) is 0 Å². The molecule has 1 fully saturated rings. The van der Waals surface area contributed by atoms with E-state index in [9.17, 15) is 15.0 Å². The molecule has 0 radical (unpaired) electrons. The van der Waals surface area contributed by atoms with E-state index in [-0.39, 0.29) is 12.5 Å². The summed E-state index contributed by atoms with van der Waals surface area (Å²) < 4.78 is 5.46. The van der Waals surface area contributed by atoms with Gasteiger partial charge in [0.05, 0.1) is 12.6 Å². The van der Waals surface area contributed by atoms with Gasteiger partial charge >= 0.3 is 0 Å². The minimum absolute atomic E-state index is 0.297. The normalized spacial score (nSPS) is 37.8. The van der Waals surface area contributed by atoms with Crippen molar-refractivity contribution in [2.24, 2.45) is 0 Å². The van der Waals surface area contributed by atoms with Gasteiger partial charge in [0.25, 0.3) is 0 Å². The molecular weight excluding hydrogens is 246 g/mol. The molecule has 0 saturated carbocycles. The molecule has 5 atom stereocenters. The topological polar surface area (TPSA) is 99.0 Å². The van der Waals surface area contributed by atoms with Gasteiger partial charge < -0.3 is 25.4 Å². The van der Waals surface area contributed by atoms with E-state index in [1.807, 2.05) is 6.92 Å². The van der Waals surface area contributed by atoms with Gasteiger partial charge in [0.15, 0.2) is 0 Å². The summed E-state index contributed by atoms with van der Waals surface area (Å²) in [5, 5.41) is 31.2. The molecule has 0 spiro atoms. The average molecular weight is 265 g/mol. The number of carbonyl (C=O) groups excluding carboxylic acids is 1. The molecule has 4 N–H and O–H groups in total. The van der Waals surface area contributed by atoms with Crippen molar-refractivity contribution in [1.82, 2.24) is 5.32 Å². The Balaban J connectivity index is 2.78. The third-order valence-electron chi connectivity index (χ3n) is 2.58. The van der Waals surface area contributed by atoms with Crippen molar-refractivity contribution in [1.29, 1.82) is 0 Å². The maximum atomic E-state index is 11.0. The molecule has 1 rings (SSSR count). The highest BCUT2D eigenvalue weighted by Crippen LogP contribution is 2.28. The lowest BCUT2D eigenvalue weighted by Gasteiger charge is -2.42. The van der Waals surface area contributed by atoms with Crippen LogP contribution >= 0.6 is 11.8 Å². The summed E-state index contributed by atoms with van der Waals surface area (Å²) in [6.45, 7) is 2.89. The highest BCUT2D eigenvalue weighted by atomic mass is 32.2. The van der Waals surface area contributed by atoms with Crippen LogP contribution in [-0.2, 0) is 9.53 Å². The molecule has 17 heavy (non-hydrogen) atoms. The first kappa shape index (κ1) is 14.7. The third kappa shape index (κ3) is 3.56. The van der Waals surface area contributed by atoms with Gasteiger partial charge in [-0.3, -0.25) is 4.79 Å². The van der Waals surface area contributed by atoms with Crippen molar-refractivity contribution in [3.8, 4) is 0 Å². The van der Waals surface area contributed by atoms with E-state index in [0.29, 0.717) is 0 Å². The smallest absolute Gasteiger partial charge is 0.217 e. The second kappa shape index (κ2) is 6.55. The molecule has 1 saturated heterocycles. The molecule has 0 aliphatic carbocycles. The summed E-state index contributed by atoms with van der Waals surface area (Å²) in [6, 6.07) is -0.671. The van der Waals surface area contributed by atoms with E-state index in [4.69, 9.17) is 9.84 Å². The standard InChI is InChI=1S/C10H19NO5S/c1-3-17-10-7(11-5(2)13)9(15)8(14)6(4-12)16-10/h6-10,12,14-15H,3-4H2,1-2H3,(H,11,13)/t6-,7-,8+,9+,10-/m0/s1. The van der Waals surface area contributed by atoms with Gasteiger partial charge in [0.2, 0.25) is 5.91 Å². The Kier molecular flexibility index (Phi) is 5.68. The number of amides is 1. The Morgan fingerprint density at radius 2 is 2.06 bits per heavy atom. The fourth-order valence-corrected chi connectivity index (χ4v) is 2.76. The Morgan fingerprint density at radius 3 is 2.53 bits per heavy atom. The van der Waals surface area contributed by atoms with Crippen molar-refractivity contribution in [3.63, 3.8) is 0 Å². The van der Waals surface area contributed by atoms with Crippen LogP contribution in [0.3, 0.4) is 0 Å². The van der Waals surface area contributed by atoms with Crippen molar-refractivity contribution >= 4 is 17.7 Å². The molecule has 1 aliphatic heterocycles. The van der Waals surface area contributed by atoms with E-state index in [2.05, 4.69) is 5.32 Å². The number of carbonyl (C=O) groups is 1. The minimum atomic E-state index is -1.20. The fraction of sp³-hybridized carbons (Fsp3) is 0.900. The molecule has 7 heteroatoms. The number of hydrogen-bond acceptors (Lipinski definition) is 6. The maximum Gasteiger partial charge on any atom is 0.217 e. The molecule has 1 aliphatic rings. The monoisotopic (exact) mass is 265 g/mol. The number of rotatable bonds is 4. The van der Waals surface area contributed by atoms with Crippen LogP contribution in [0.15, 0.2) is 0 Å². The molecule has 100 valence electrons. The minimum Gasteiger partial charge on any atom is -0.394 e. The lowest BCUT2D eigenvalue weighted by Crippen LogP contribution is -2.63. The Labute approximate surface area is 104 Å². The van der Waals surface area contributed by atoms with Gasteiger partial charge in [0.1, 0.15) is 23.7 Å². The fourth-order valence-electron chi connectivity index (χ4n) is 1.78. The second-order valence-corrected chi connectivity index (χ2v) is 5.26. The second-order valence-electron chi connectivity index (χ2n) is 3.89. The van der Waals surface area contributed by atoms with Crippen molar-refractivity contribution in [3.05, 3.63) is 0 Å². The van der Waals surface area contributed by atoms with E-state index in [1.54, 1.807) is 0 Å². The summed E-state index contributed by atoms with van der Waals surface area (Å²) in [4.78, 5) is 11.0. The van der Waals surface area contributed by atoms with E-state index in [0.717, 1.165) is 5.75 Å². The summed E-state index contributed by atoms with van der Waals surface area (Å²) in [7, 11) is 0. The SMILES string of the molecule is CCS[C@@H]1O[C@@H](CO)[C@@H](O)[C@H](O)[C@@H]1NC(C)=O. The third-order valence-corrected chi connectivity index (χ3v) is 3.65. The van der Waals surface area contributed by atoms with Gasteiger partial charge in [-0.2, -0.15) is 0 Å². The van der Waals surface area contributed by atoms with Crippen LogP contribution in [0.4, 0.5) is 0 Å². The van der Waals surface area contributed by atoms with Gasteiger partial charge in [-0.1, -0.05) is 6.92 Å². The highest BCUT2D eigenvalue weighted by molar-refractivity contribution is 7.99. The van der Waals surface area contributed by atoms with Crippen LogP contribution in [0, 0.1) is 0 Å². The van der Waals surface area contributed by atoms with Crippen LogP contribution in [0.1, 0.15) is 13.8 Å². The van der Waals surface area contributed by atoms with Gasteiger partial charge in [-0.05, 0) is 5.75 Å². The van der Waals surface area contributed by atoms with Crippen molar-refractivity contribution < 1.29 is 24.9 Å². The zero-order valence-corrected chi connectivity index (χ0v) is 10.7. The predicted molar refractivity (Wildman–Crippen MR) is 63.5 cm³/mol. The first-order chi connectivity index (χ1) is 8.01. The number of aliphatic hydroxyl groups is 3. The molecule has 1 heterocycles. The largest absolute Gasteiger partial charge is 0.394 e. The molecule has 1 amide bonds. The first-order valence-electron chi connectivity index (χ1n) is 5.52. The maximum absolute atomic E-state index is 11.0. The summed E-state index contributed by atoms with van der Waals surface area (Å²) in [6.07, 6.45) is -3.17. The Hall–Kier alpha value is -0.340. The number of nitrogens with one attached hydrogen (secondary N) is 1. The number of ether oxygens (including phenoxy) is 1.